The van der Waals surface area contributed by atoms with E-state index in [0.29, 0.717) is 5.69 Å². The molecule has 0 spiro atoms. The molecular formula is C30H31FN4O3S. The van der Waals surface area contributed by atoms with Crippen LogP contribution in [0.1, 0.15) is 42.3 Å². The number of hydrazone groups is 1. The number of benzene rings is 3. The summed E-state index contributed by atoms with van der Waals surface area (Å²) in [5.74, 6) is -0.628. The van der Waals surface area contributed by atoms with Gasteiger partial charge in [0.15, 0.2) is 0 Å². The fourth-order valence-electron chi connectivity index (χ4n) is 4.31. The van der Waals surface area contributed by atoms with Crippen LogP contribution in [-0.2, 0) is 14.8 Å². The molecule has 7 nitrogen and oxygen atoms in total. The largest absolute Gasteiger partial charge is 0.318 e. The number of hydrogen-bond donors (Lipinski definition) is 1. The zero-order chi connectivity index (χ0) is 28.2. The van der Waals surface area contributed by atoms with Gasteiger partial charge in [-0.25, -0.2) is 18.2 Å². The summed E-state index contributed by atoms with van der Waals surface area (Å²) in [5, 5.41) is 4.08. The van der Waals surface area contributed by atoms with E-state index >= 15 is 0 Å². The Balaban J connectivity index is 1.55. The molecule has 4 aromatic rings. The molecule has 39 heavy (non-hydrogen) atoms. The maximum atomic E-state index is 13.5. The Labute approximate surface area is 228 Å². The minimum Gasteiger partial charge on any atom is -0.318 e. The minimum atomic E-state index is -4.01. The van der Waals surface area contributed by atoms with E-state index in [-0.39, 0.29) is 16.6 Å². The molecule has 1 aromatic heterocycles. The van der Waals surface area contributed by atoms with Gasteiger partial charge in [0, 0.05) is 22.6 Å². The standard InChI is InChI=1S/C30H31FN4O3S/c1-21(2)24-10-14-27(15-11-24)34(39(37,38)29-8-6-5-7-9-29)20-30(36)33-32-19-25-18-22(3)35(23(25)4)28-16-12-26(31)13-17-28/h5-19,21H,20H2,1-4H3,(H,33,36)/b32-19-. The summed E-state index contributed by atoms with van der Waals surface area (Å²) in [7, 11) is -4.01. The molecule has 0 radical (unpaired) electrons. The van der Waals surface area contributed by atoms with E-state index in [9.17, 15) is 17.6 Å². The average Bonchev–Trinajstić information content (AvgIpc) is 3.20. The van der Waals surface area contributed by atoms with E-state index in [1.807, 2.05) is 36.6 Å². The van der Waals surface area contributed by atoms with Gasteiger partial charge in [-0.2, -0.15) is 5.10 Å². The number of amides is 1. The van der Waals surface area contributed by atoms with Crippen LogP contribution in [0.4, 0.5) is 10.1 Å². The van der Waals surface area contributed by atoms with Crippen molar-refractivity contribution in [2.24, 2.45) is 5.10 Å². The van der Waals surface area contributed by atoms with Crippen molar-refractivity contribution in [3.8, 4) is 5.69 Å². The zero-order valence-corrected chi connectivity index (χ0v) is 23.1. The second-order valence-electron chi connectivity index (χ2n) is 9.50. The summed E-state index contributed by atoms with van der Waals surface area (Å²) in [5.41, 5.74) is 7.23. The van der Waals surface area contributed by atoms with Gasteiger partial charge in [0.2, 0.25) is 0 Å². The molecule has 0 atom stereocenters. The van der Waals surface area contributed by atoms with Crippen LogP contribution in [0.2, 0.25) is 0 Å². The first-order valence-corrected chi connectivity index (χ1v) is 14.0. The number of carbonyl (C=O) groups is 1. The highest BCUT2D eigenvalue weighted by atomic mass is 32.2. The van der Waals surface area contributed by atoms with Gasteiger partial charge < -0.3 is 4.57 Å². The third-order valence-corrected chi connectivity index (χ3v) is 8.20. The summed E-state index contributed by atoms with van der Waals surface area (Å²) in [6, 6.07) is 23.2. The molecule has 1 amide bonds. The highest BCUT2D eigenvalue weighted by Crippen LogP contribution is 2.26. The van der Waals surface area contributed by atoms with Gasteiger partial charge in [0.1, 0.15) is 12.4 Å². The number of nitrogens with zero attached hydrogens (tertiary/aromatic N) is 3. The summed E-state index contributed by atoms with van der Waals surface area (Å²) < 4.78 is 43.4. The van der Waals surface area contributed by atoms with Gasteiger partial charge >= 0.3 is 0 Å². The molecule has 202 valence electrons. The van der Waals surface area contributed by atoms with Gasteiger partial charge in [0.25, 0.3) is 15.9 Å². The molecule has 0 unspecified atom stereocenters. The van der Waals surface area contributed by atoms with E-state index < -0.39 is 22.5 Å². The lowest BCUT2D eigenvalue weighted by molar-refractivity contribution is -0.119. The quantitative estimate of drug-likeness (QED) is 0.216. The summed E-state index contributed by atoms with van der Waals surface area (Å²) >= 11 is 0. The van der Waals surface area contributed by atoms with Gasteiger partial charge in [0.05, 0.1) is 16.8 Å². The van der Waals surface area contributed by atoms with Crippen molar-refractivity contribution in [3.63, 3.8) is 0 Å². The van der Waals surface area contributed by atoms with Crippen molar-refractivity contribution in [3.05, 3.63) is 113 Å². The fraction of sp³-hybridized carbons (Fsp3) is 0.200. The Bertz CT molecular complexity index is 1580. The smallest absolute Gasteiger partial charge is 0.264 e. The van der Waals surface area contributed by atoms with Gasteiger partial charge in [-0.05, 0) is 79.9 Å². The Morgan fingerprint density at radius 3 is 2.26 bits per heavy atom. The lowest BCUT2D eigenvalue weighted by Gasteiger charge is -2.24. The van der Waals surface area contributed by atoms with Crippen LogP contribution >= 0.6 is 0 Å². The number of nitrogens with one attached hydrogen (secondary N) is 1. The zero-order valence-electron chi connectivity index (χ0n) is 22.3. The predicted molar refractivity (Wildman–Crippen MR) is 152 cm³/mol. The molecule has 0 aliphatic rings. The van der Waals surface area contributed by atoms with E-state index in [1.54, 1.807) is 42.5 Å². The van der Waals surface area contributed by atoms with Crippen molar-refractivity contribution in [2.75, 3.05) is 10.8 Å². The van der Waals surface area contributed by atoms with E-state index in [1.165, 1.54) is 30.5 Å². The van der Waals surface area contributed by atoms with E-state index in [0.717, 1.165) is 32.5 Å². The SMILES string of the molecule is Cc1cc(/C=N\NC(=O)CN(c2ccc(C(C)C)cc2)S(=O)(=O)c2ccccc2)c(C)n1-c1ccc(F)cc1. The molecule has 0 aliphatic heterocycles. The van der Waals surface area contributed by atoms with Crippen LogP contribution < -0.4 is 9.73 Å². The topological polar surface area (TPSA) is 83.8 Å². The van der Waals surface area contributed by atoms with Crippen molar-refractivity contribution in [1.29, 1.82) is 0 Å². The molecule has 9 heteroatoms. The molecule has 4 rings (SSSR count). The van der Waals surface area contributed by atoms with Crippen molar-refractivity contribution >= 4 is 27.8 Å². The predicted octanol–water partition coefficient (Wildman–Crippen LogP) is 5.70. The minimum absolute atomic E-state index is 0.0856. The third kappa shape index (κ3) is 6.26. The second-order valence-corrected chi connectivity index (χ2v) is 11.4. The first kappa shape index (κ1) is 27.8. The van der Waals surface area contributed by atoms with Crippen molar-refractivity contribution in [2.45, 2.75) is 38.5 Å². The Hall–Kier alpha value is -4.24. The number of aromatic nitrogens is 1. The van der Waals surface area contributed by atoms with Crippen molar-refractivity contribution in [1.82, 2.24) is 9.99 Å². The molecule has 1 heterocycles. The Kier molecular flexibility index (Phi) is 8.30. The van der Waals surface area contributed by atoms with Crippen LogP contribution in [-0.4, -0.2) is 31.7 Å². The Morgan fingerprint density at radius 2 is 1.64 bits per heavy atom. The number of hydrogen-bond acceptors (Lipinski definition) is 4. The van der Waals surface area contributed by atoms with Crippen LogP contribution in [0.5, 0.6) is 0 Å². The fourth-order valence-corrected chi connectivity index (χ4v) is 5.75. The lowest BCUT2D eigenvalue weighted by Crippen LogP contribution is -2.39. The third-order valence-electron chi connectivity index (χ3n) is 6.41. The highest BCUT2D eigenvalue weighted by molar-refractivity contribution is 7.92. The summed E-state index contributed by atoms with van der Waals surface area (Å²) in [6.07, 6.45) is 1.51. The van der Waals surface area contributed by atoms with E-state index in [2.05, 4.69) is 24.4 Å². The first-order valence-electron chi connectivity index (χ1n) is 12.5. The molecule has 0 saturated carbocycles. The highest BCUT2D eigenvalue weighted by Gasteiger charge is 2.27. The summed E-state index contributed by atoms with van der Waals surface area (Å²) in [6.45, 7) is 7.47. The van der Waals surface area contributed by atoms with Gasteiger partial charge in [-0.15, -0.1) is 0 Å². The molecule has 1 N–H and O–H groups in total. The molecule has 0 fully saturated rings. The number of sulfonamides is 1. The lowest BCUT2D eigenvalue weighted by atomic mass is 10.0. The van der Waals surface area contributed by atoms with Crippen LogP contribution in [0, 0.1) is 19.7 Å². The maximum Gasteiger partial charge on any atom is 0.264 e. The van der Waals surface area contributed by atoms with Crippen LogP contribution in [0.15, 0.2) is 94.9 Å². The second kappa shape index (κ2) is 11.7. The summed E-state index contributed by atoms with van der Waals surface area (Å²) in [4.78, 5) is 13.0. The van der Waals surface area contributed by atoms with Gasteiger partial charge in [-0.3, -0.25) is 9.10 Å². The van der Waals surface area contributed by atoms with Crippen LogP contribution in [0.25, 0.3) is 5.69 Å². The number of halogens is 1. The Morgan fingerprint density at radius 1 is 1.00 bits per heavy atom. The first-order chi connectivity index (χ1) is 18.6. The average molecular weight is 547 g/mol. The molecule has 3 aromatic carbocycles. The number of rotatable bonds is 9. The van der Waals surface area contributed by atoms with Crippen LogP contribution in [0.3, 0.4) is 0 Å². The normalized spacial score (nSPS) is 11.7. The van der Waals surface area contributed by atoms with E-state index in [4.69, 9.17) is 0 Å². The van der Waals surface area contributed by atoms with Gasteiger partial charge in [-0.1, -0.05) is 44.2 Å². The number of aryl methyl sites for hydroxylation is 1. The number of carbonyl (C=O) groups excluding carboxylic acids is 1. The molecule has 0 aliphatic carbocycles. The number of anilines is 1. The molecule has 0 bridgehead atoms. The molecule has 0 saturated heterocycles. The molecular weight excluding hydrogens is 515 g/mol. The van der Waals surface area contributed by atoms with Crippen molar-refractivity contribution < 1.29 is 17.6 Å². The monoisotopic (exact) mass is 546 g/mol. The maximum absolute atomic E-state index is 13.5.